The van der Waals surface area contributed by atoms with Gasteiger partial charge in [-0.25, -0.2) is 0 Å². The largest absolute Gasteiger partial charge is 0.395 e. The third-order valence-corrected chi connectivity index (χ3v) is 2.31. The van der Waals surface area contributed by atoms with E-state index in [1.165, 1.54) is 12.1 Å². The number of fused-ring (bicyclic) bond motifs is 1. The van der Waals surface area contributed by atoms with Crippen LogP contribution in [0.4, 0.5) is 5.69 Å². The van der Waals surface area contributed by atoms with Gasteiger partial charge >= 0.3 is 0 Å². The van der Waals surface area contributed by atoms with Crippen LogP contribution in [0.1, 0.15) is 13.8 Å². The molecule has 0 saturated carbocycles. The van der Waals surface area contributed by atoms with Gasteiger partial charge in [0.15, 0.2) is 0 Å². The summed E-state index contributed by atoms with van der Waals surface area (Å²) in [5, 5.41) is 20.3. The van der Waals surface area contributed by atoms with Crippen LogP contribution in [0.5, 0.6) is 0 Å². The third-order valence-electron chi connectivity index (χ3n) is 2.31. The Morgan fingerprint density at radius 2 is 2.06 bits per heavy atom. The molecule has 0 unspecified atom stereocenters. The summed E-state index contributed by atoms with van der Waals surface area (Å²) in [7, 11) is 0. The predicted octanol–water partition coefficient (Wildman–Crippen LogP) is 2.57. The molecular formula is C12H16N2O3. The summed E-state index contributed by atoms with van der Waals surface area (Å²) in [5.74, 6) is 0. The lowest BCUT2D eigenvalue weighted by molar-refractivity contribution is -0.384. The van der Waals surface area contributed by atoms with Gasteiger partial charge in [0, 0.05) is 30.3 Å². The van der Waals surface area contributed by atoms with Crippen LogP contribution in [0.25, 0.3) is 10.9 Å². The lowest BCUT2D eigenvalue weighted by atomic mass is 10.2. The first-order valence-electron chi connectivity index (χ1n) is 5.56. The summed E-state index contributed by atoms with van der Waals surface area (Å²) in [5.41, 5.74) is 0.846. The molecule has 1 aromatic heterocycles. The van der Waals surface area contributed by atoms with Gasteiger partial charge in [-0.2, -0.15) is 0 Å². The summed E-state index contributed by atoms with van der Waals surface area (Å²) < 4.78 is 1.79. The van der Waals surface area contributed by atoms with Crippen molar-refractivity contribution in [1.82, 2.24) is 4.57 Å². The molecule has 2 rings (SSSR count). The average Bonchev–Trinajstić information content (AvgIpc) is 2.75. The Bertz CT molecular complexity index is 505. The monoisotopic (exact) mass is 236 g/mol. The third kappa shape index (κ3) is 2.82. The van der Waals surface area contributed by atoms with Crippen molar-refractivity contribution in [3.8, 4) is 0 Å². The fourth-order valence-corrected chi connectivity index (χ4v) is 1.59. The van der Waals surface area contributed by atoms with E-state index < -0.39 is 4.92 Å². The van der Waals surface area contributed by atoms with Crippen LogP contribution in [-0.2, 0) is 6.54 Å². The fourth-order valence-electron chi connectivity index (χ4n) is 1.59. The summed E-state index contributed by atoms with van der Waals surface area (Å²) in [6.45, 7) is 4.47. The van der Waals surface area contributed by atoms with Crippen molar-refractivity contribution in [2.45, 2.75) is 20.4 Å². The number of nitrogens with zero attached hydrogens (tertiary/aromatic N) is 2. The van der Waals surface area contributed by atoms with Gasteiger partial charge in [0.25, 0.3) is 5.69 Å². The number of hydrogen-bond donors (Lipinski definition) is 1. The highest BCUT2D eigenvalue weighted by Crippen LogP contribution is 2.21. The second-order valence-corrected chi connectivity index (χ2v) is 3.23. The highest BCUT2D eigenvalue weighted by atomic mass is 16.6. The Hall–Kier alpha value is -1.88. The predicted molar refractivity (Wildman–Crippen MR) is 67.0 cm³/mol. The Morgan fingerprint density at radius 3 is 2.65 bits per heavy atom. The minimum absolute atomic E-state index is 0.0203. The standard InChI is InChI=1S/C10H10N2O3.C2H6/c13-6-5-11-4-3-8-1-2-9(12(14)15)7-10(8)11;1-2/h1-4,7,13H,5-6H2;1-2H3. The van der Waals surface area contributed by atoms with Crippen molar-refractivity contribution in [3.05, 3.63) is 40.6 Å². The summed E-state index contributed by atoms with van der Waals surface area (Å²) >= 11 is 0. The van der Waals surface area contributed by atoms with Gasteiger partial charge in [0.1, 0.15) is 0 Å². The number of aromatic nitrogens is 1. The average molecular weight is 236 g/mol. The summed E-state index contributed by atoms with van der Waals surface area (Å²) in [6.07, 6.45) is 1.81. The van der Waals surface area contributed by atoms with Crippen molar-refractivity contribution in [3.63, 3.8) is 0 Å². The molecule has 0 radical (unpaired) electrons. The molecule has 1 heterocycles. The molecule has 1 N–H and O–H groups in total. The molecule has 0 atom stereocenters. The van der Waals surface area contributed by atoms with E-state index in [0.29, 0.717) is 6.54 Å². The van der Waals surface area contributed by atoms with Crippen LogP contribution in [-0.4, -0.2) is 21.2 Å². The van der Waals surface area contributed by atoms with Gasteiger partial charge in [-0.1, -0.05) is 13.8 Å². The smallest absolute Gasteiger partial charge is 0.271 e. The molecule has 92 valence electrons. The van der Waals surface area contributed by atoms with Gasteiger partial charge in [-0.3, -0.25) is 10.1 Å². The maximum absolute atomic E-state index is 10.6. The Kier molecular flexibility index (Phi) is 4.66. The van der Waals surface area contributed by atoms with Crippen LogP contribution in [0.15, 0.2) is 30.5 Å². The molecule has 0 aliphatic rings. The molecule has 0 spiro atoms. The number of rotatable bonds is 3. The lowest BCUT2D eigenvalue weighted by Gasteiger charge is -2.01. The maximum atomic E-state index is 10.6. The van der Waals surface area contributed by atoms with Crippen molar-refractivity contribution in [2.75, 3.05) is 6.61 Å². The van der Waals surface area contributed by atoms with E-state index in [9.17, 15) is 10.1 Å². The van der Waals surface area contributed by atoms with E-state index in [1.807, 2.05) is 26.1 Å². The molecule has 0 aliphatic heterocycles. The van der Waals surface area contributed by atoms with Crippen molar-refractivity contribution in [1.29, 1.82) is 0 Å². The lowest BCUT2D eigenvalue weighted by Crippen LogP contribution is -2.00. The van der Waals surface area contributed by atoms with Crippen LogP contribution in [0.3, 0.4) is 0 Å². The topological polar surface area (TPSA) is 68.3 Å². The van der Waals surface area contributed by atoms with Crippen molar-refractivity contribution < 1.29 is 10.0 Å². The number of benzene rings is 1. The highest BCUT2D eigenvalue weighted by molar-refractivity contribution is 5.82. The molecule has 5 heteroatoms. The zero-order chi connectivity index (χ0) is 12.8. The zero-order valence-corrected chi connectivity index (χ0v) is 9.96. The molecular weight excluding hydrogens is 220 g/mol. The quantitative estimate of drug-likeness (QED) is 0.657. The Morgan fingerprint density at radius 1 is 1.35 bits per heavy atom. The molecule has 1 aromatic carbocycles. The van der Waals surface area contributed by atoms with Crippen molar-refractivity contribution in [2.24, 2.45) is 0 Å². The number of nitro groups is 1. The number of nitro benzene ring substituents is 1. The first-order chi connectivity index (χ1) is 8.22. The van der Waals surface area contributed by atoms with E-state index >= 15 is 0 Å². The number of aliphatic hydroxyl groups is 1. The second-order valence-electron chi connectivity index (χ2n) is 3.23. The van der Waals surface area contributed by atoms with E-state index in [1.54, 1.807) is 10.6 Å². The first-order valence-corrected chi connectivity index (χ1v) is 5.56. The molecule has 5 nitrogen and oxygen atoms in total. The molecule has 0 bridgehead atoms. The highest BCUT2D eigenvalue weighted by Gasteiger charge is 2.08. The van der Waals surface area contributed by atoms with Crippen molar-refractivity contribution >= 4 is 16.6 Å². The Labute approximate surface area is 99.4 Å². The van der Waals surface area contributed by atoms with Gasteiger partial charge < -0.3 is 9.67 Å². The van der Waals surface area contributed by atoms with Gasteiger partial charge in [0.2, 0.25) is 0 Å². The molecule has 0 aliphatic carbocycles. The van der Waals surface area contributed by atoms with Gasteiger partial charge in [-0.15, -0.1) is 0 Å². The zero-order valence-electron chi connectivity index (χ0n) is 9.96. The van der Waals surface area contributed by atoms with E-state index in [2.05, 4.69) is 0 Å². The maximum Gasteiger partial charge on any atom is 0.271 e. The molecule has 17 heavy (non-hydrogen) atoms. The van der Waals surface area contributed by atoms with E-state index in [-0.39, 0.29) is 12.3 Å². The molecule has 0 saturated heterocycles. The van der Waals surface area contributed by atoms with Crippen LogP contribution in [0.2, 0.25) is 0 Å². The van der Waals surface area contributed by atoms with Crippen LogP contribution < -0.4 is 0 Å². The SMILES string of the molecule is CC.O=[N+]([O-])c1ccc2ccn(CCO)c2c1. The Balaban J connectivity index is 0.000000686. The summed E-state index contributed by atoms with van der Waals surface area (Å²) in [4.78, 5) is 10.2. The minimum atomic E-state index is -0.421. The van der Waals surface area contributed by atoms with Gasteiger partial charge in [0.05, 0.1) is 17.0 Å². The number of non-ortho nitro benzene ring substituents is 1. The molecule has 0 fully saturated rings. The summed E-state index contributed by atoms with van der Waals surface area (Å²) in [6, 6.07) is 6.58. The van der Waals surface area contributed by atoms with Gasteiger partial charge in [-0.05, 0) is 12.1 Å². The fraction of sp³-hybridized carbons (Fsp3) is 0.333. The van der Waals surface area contributed by atoms with E-state index in [4.69, 9.17) is 5.11 Å². The minimum Gasteiger partial charge on any atom is -0.395 e. The van der Waals surface area contributed by atoms with E-state index in [0.717, 1.165) is 10.9 Å². The first kappa shape index (κ1) is 13.2. The number of aliphatic hydroxyl groups excluding tert-OH is 1. The molecule has 0 amide bonds. The van der Waals surface area contributed by atoms with Crippen LogP contribution >= 0.6 is 0 Å². The molecule has 2 aromatic rings. The second kappa shape index (κ2) is 6.00. The normalized spacial score (nSPS) is 9.82. The number of hydrogen-bond acceptors (Lipinski definition) is 3. The van der Waals surface area contributed by atoms with Crippen LogP contribution in [0, 0.1) is 10.1 Å².